The van der Waals surface area contributed by atoms with Crippen LogP contribution in [0.5, 0.6) is 0 Å². The zero-order valence-corrected chi connectivity index (χ0v) is 12.4. The average Bonchev–Trinajstić information content (AvgIpc) is 3.09. The van der Waals surface area contributed by atoms with E-state index in [0.717, 1.165) is 30.7 Å². The summed E-state index contributed by atoms with van der Waals surface area (Å²) in [5, 5.41) is 4.52. The number of nitrogens with zero attached hydrogens (tertiary/aromatic N) is 2. The predicted octanol–water partition coefficient (Wildman–Crippen LogP) is 3.83. The molecule has 0 radical (unpaired) electrons. The van der Waals surface area contributed by atoms with Gasteiger partial charge in [0.25, 0.3) is 0 Å². The maximum Gasteiger partial charge on any atom is 0.172 e. The Bertz CT molecular complexity index is 565. The van der Waals surface area contributed by atoms with Gasteiger partial charge in [-0.1, -0.05) is 20.8 Å². The fourth-order valence-electron chi connectivity index (χ4n) is 2.46. The minimum Gasteiger partial charge on any atom is -0.469 e. The summed E-state index contributed by atoms with van der Waals surface area (Å²) in [6.07, 6.45) is 6.71. The van der Waals surface area contributed by atoms with Crippen molar-refractivity contribution >= 4 is 5.78 Å². The number of aryl methyl sites for hydroxylation is 1. The number of rotatable bonds is 7. The average molecular weight is 274 g/mol. The van der Waals surface area contributed by atoms with Gasteiger partial charge in [0, 0.05) is 12.6 Å². The zero-order chi connectivity index (χ0) is 14.5. The molecule has 108 valence electrons. The Morgan fingerprint density at radius 1 is 1.30 bits per heavy atom. The van der Waals surface area contributed by atoms with E-state index in [9.17, 15) is 4.79 Å². The van der Waals surface area contributed by atoms with Crippen LogP contribution in [0.1, 0.15) is 61.5 Å². The summed E-state index contributed by atoms with van der Waals surface area (Å²) in [6, 6.07) is 4.10. The van der Waals surface area contributed by atoms with Gasteiger partial charge in [-0.05, 0) is 25.0 Å². The molecule has 0 N–H and O–H groups in total. The first-order chi connectivity index (χ1) is 9.69. The summed E-state index contributed by atoms with van der Waals surface area (Å²) < 4.78 is 7.28. The Labute approximate surface area is 119 Å². The molecular formula is C16H22N2O2. The number of furan rings is 1. The molecule has 2 aromatic rings. The molecule has 4 heteroatoms. The maximum atomic E-state index is 12.3. The largest absolute Gasteiger partial charge is 0.469 e. The second-order valence-corrected chi connectivity index (χ2v) is 4.97. The molecule has 0 aliphatic rings. The molecule has 0 aromatic carbocycles. The van der Waals surface area contributed by atoms with E-state index in [-0.39, 0.29) is 5.78 Å². The molecule has 0 spiro atoms. The van der Waals surface area contributed by atoms with Crippen molar-refractivity contribution < 1.29 is 9.21 Å². The Morgan fingerprint density at radius 3 is 2.70 bits per heavy atom. The molecule has 0 unspecified atom stereocenters. The number of carbonyl (C=O) groups is 1. The van der Waals surface area contributed by atoms with E-state index in [1.807, 2.05) is 23.9 Å². The monoisotopic (exact) mass is 274 g/mol. The Kier molecular flexibility index (Phi) is 4.77. The quantitative estimate of drug-likeness (QED) is 0.721. The van der Waals surface area contributed by atoms with E-state index in [1.54, 1.807) is 12.3 Å². The first-order valence-corrected chi connectivity index (χ1v) is 7.33. The number of hydrogen-bond donors (Lipinski definition) is 0. The van der Waals surface area contributed by atoms with Crippen LogP contribution in [-0.2, 0) is 12.8 Å². The highest BCUT2D eigenvalue weighted by molar-refractivity contribution is 5.98. The molecule has 0 atom stereocenters. The van der Waals surface area contributed by atoms with Gasteiger partial charge in [-0.25, -0.2) is 0 Å². The van der Waals surface area contributed by atoms with Crippen LogP contribution in [0.25, 0.3) is 0 Å². The van der Waals surface area contributed by atoms with Crippen molar-refractivity contribution in [2.75, 3.05) is 0 Å². The predicted molar refractivity (Wildman–Crippen MR) is 78.0 cm³/mol. The molecule has 0 fully saturated rings. The molecule has 2 rings (SSSR count). The third-order valence-electron chi connectivity index (χ3n) is 3.69. The van der Waals surface area contributed by atoms with Crippen LogP contribution in [-0.4, -0.2) is 15.6 Å². The highest BCUT2D eigenvalue weighted by Crippen LogP contribution is 2.17. The van der Waals surface area contributed by atoms with Crippen LogP contribution < -0.4 is 0 Å². The van der Waals surface area contributed by atoms with Crippen LogP contribution in [0.2, 0.25) is 0 Å². The molecule has 20 heavy (non-hydrogen) atoms. The maximum absolute atomic E-state index is 12.3. The lowest BCUT2D eigenvalue weighted by molar-refractivity contribution is 0.0990. The Hall–Kier alpha value is -1.84. The molecule has 0 amide bonds. The van der Waals surface area contributed by atoms with Gasteiger partial charge in [-0.2, -0.15) is 5.10 Å². The van der Waals surface area contributed by atoms with E-state index in [0.29, 0.717) is 18.0 Å². The van der Waals surface area contributed by atoms with E-state index in [1.165, 1.54) is 0 Å². The molecular weight excluding hydrogens is 252 g/mol. The Morgan fingerprint density at radius 2 is 2.05 bits per heavy atom. The summed E-state index contributed by atoms with van der Waals surface area (Å²) in [5.41, 5.74) is 1.51. The SMILES string of the molecule is CCc1occc1C(=O)Cc1ccn(C(CC)CC)n1. The molecule has 0 saturated heterocycles. The Balaban J connectivity index is 2.09. The van der Waals surface area contributed by atoms with Gasteiger partial charge >= 0.3 is 0 Å². The van der Waals surface area contributed by atoms with Gasteiger partial charge < -0.3 is 4.42 Å². The van der Waals surface area contributed by atoms with Crippen LogP contribution in [0.4, 0.5) is 0 Å². The number of hydrogen-bond acceptors (Lipinski definition) is 3. The van der Waals surface area contributed by atoms with Crippen molar-refractivity contribution in [2.45, 2.75) is 52.5 Å². The standard InChI is InChI=1S/C16H22N2O2/c1-4-13(5-2)18-9-7-12(17-18)11-15(19)14-8-10-20-16(14)6-3/h7-10,13H,4-6,11H2,1-3H3. The molecule has 0 saturated carbocycles. The van der Waals surface area contributed by atoms with Crippen LogP contribution in [0.15, 0.2) is 29.0 Å². The van der Waals surface area contributed by atoms with E-state index in [4.69, 9.17) is 4.42 Å². The van der Waals surface area contributed by atoms with Gasteiger partial charge in [0.05, 0.1) is 30.0 Å². The van der Waals surface area contributed by atoms with Gasteiger partial charge in [0.1, 0.15) is 5.76 Å². The normalized spacial score (nSPS) is 11.2. The summed E-state index contributed by atoms with van der Waals surface area (Å²) in [5.74, 6) is 0.833. The van der Waals surface area contributed by atoms with Crippen molar-refractivity contribution in [1.29, 1.82) is 0 Å². The first-order valence-electron chi connectivity index (χ1n) is 7.33. The number of carbonyl (C=O) groups excluding carboxylic acids is 1. The summed E-state index contributed by atoms with van der Waals surface area (Å²) >= 11 is 0. The van der Waals surface area contributed by atoms with Crippen molar-refractivity contribution in [3.63, 3.8) is 0 Å². The highest BCUT2D eigenvalue weighted by atomic mass is 16.3. The van der Waals surface area contributed by atoms with Gasteiger partial charge in [-0.3, -0.25) is 9.48 Å². The lowest BCUT2D eigenvalue weighted by Gasteiger charge is -2.12. The minimum absolute atomic E-state index is 0.0744. The summed E-state index contributed by atoms with van der Waals surface area (Å²) in [7, 11) is 0. The van der Waals surface area contributed by atoms with Crippen molar-refractivity contribution in [3.8, 4) is 0 Å². The fraction of sp³-hybridized carbons (Fsp3) is 0.500. The number of Topliss-reactive ketones (excluding diaryl/α,β-unsaturated/α-hetero) is 1. The number of ketones is 1. The van der Waals surface area contributed by atoms with Crippen LogP contribution in [0.3, 0.4) is 0 Å². The van der Waals surface area contributed by atoms with E-state index < -0.39 is 0 Å². The lowest BCUT2D eigenvalue weighted by atomic mass is 10.1. The van der Waals surface area contributed by atoms with Crippen molar-refractivity contribution in [2.24, 2.45) is 0 Å². The van der Waals surface area contributed by atoms with Crippen molar-refractivity contribution in [1.82, 2.24) is 9.78 Å². The zero-order valence-electron chi connectivity index (χ0n) is 12.4. The molecule has 0 aliphatic carbocycles. The topological polar surface area (TPSA) is 48.0 Å². The van der Waals surface area contributed by atoms with Gasteiger partial charge in [0.15, 0.2) is 5.78 Å². The van der Waals surface area contributed by atoms with E-state index in [2.05, 4.69) is 18.9 Å². The summed E-state index contributed by atoms with van der Waals surface area (Å²) in [6.45, 7) is 6.29. The lowest BCUT2D eigenvalue weighted by Crippen LogP contribution is -2.10. The van der Waals surface area contributed by atoms with Crippen LogP contribution >= 0.6 is 0 Å². The smallest absolute Gasteiger partial charge is 0.172 e. The van der Waals surface area contributed by atoms with Gasteiger partial charge in [-0.15, -0.1) is 0 Å². The second kappa shape index (κ2) is 6.55. The second-order valence-electron chi connectivity index (χ2n) is 4.97. The summed E-state index contributed by atoms with van der Waals surface area (Å²) in [4.78, 5) is 12.3. The van der Waals surface area contributed by atoms with E-state index >= 15 is 0 Å². The first kappa shape index (κ1) is 14.6. The van der Waals surface area contributed by atoms with Crippen molar-refractivity contribution in [3.05, 3.63) is 41.6 Å². The number of aromatic nitrogens is 2. The molecule has 0 bridgehead atoms. The third kappa shape index (κ3) is 3.00. The third-order valence-corrected chi connectivity index (χ3v) is 3.69. The fourth-order valence-corrected chi connectivity index (χ4v) is 2.46. The molecule has 4 nitrogen and oxygen atoms in total. The minimum atomic E-state index is 0.0744. The van der Waals surface area contributed by atoms with Gasteiger partial charge in [0.2, 0.25) is 0 Å². The van der Waals surface area contributed by atoms with Crippen LogP contribution in [0, 0.1) is 0 Å². The molecule has 0 aliphatic heterocycles. The molecule has 2 aromatic heterocycles. The highest BCUT2D eigenvalue weighted by Gasteiger charge is 2.16. The molecule has 2 heterocycles.